The number of nitrogens with one attached hydrogen (secondary N) is 2. The minimum absolute atomic E-state index is 0.00186. The van der Waals surface area contributed by atoms with Crippen molar-refractivity contribution in [2.75, 3.05) is 20.3 Å². The Labute approximate surface area is 181 Å². The summed E-state index contributed by atoms with van der Waals surface area (Å²) in [6.07, 6.45) is 1.49. The maximum Gasteiger partial charge on any atom is 0.254 e. The normalized spacial score (nSPS) is 10.6. The number of hydrogen-bond acceptors (Lipinski definition) is 5. The first kappa shape index (κ1) is 22.6. The highest BCUT2D eigenvalue weighted by molar-refractivity contribution is 14.1. The molecular weight excluding hydrogens is 492 g/mol. The average molecular weight is 513 g/mol. The van der Waals surface area contributed by atoms with Crippen LogP contribution in [0.1, 0.15) is 29.3 Å². The van der Waals surface area contributed by atoms with Gasteiger partial charge in [-0.2, -0.15) is 5.10 Å². The van der Waals surface area contributed by atoms with Crippen molar-refractivity contribution in [1.82, 2.24) is 10.7 Å². The predicted molar refractivity (Wildman–Crippen MR) is 116 cm³/mol. The van der Waals surface area contributed by atoms with E-state index in [0.717, 1.165) is 9.13 Å². The second-order valence-electron chi connectivity index (χ2n) is 5.75. The van der Waals surface area contributed by atoms with Crippen molar-refractivity contribution in [3.63, 3.8) is 0 Å². The molecule has 0 atom stereocenters. The van der Waals surface area contributed by atoms with Crippen LogP contribution in [0.25, 0.3) is 0 Å². The second kappa shape index (κ2) is 11.3. The summed E-state index contributed by atoms with van der Waals surface area (Å²) in [5, 5.41) is 6.41. The first-order valence-corrected chi connectivity index (χ1v) is 9.89. The summed E-state index contributed by atoms with van der Waals surface area (Å²) in [4.78, 5) is 23.7. The third-order valence-electron chi connectivity index (χ3n) is 3.69. The number of benzene rings is 2. The highest BCUT2D eigenvalue weighted by atomic mass is 127. The van der Waals surface area contributed by atoms with Gasteiger partial charge in [0.15, 0.2) is 11.5 Å². The van der Waals surface area contributed by atoms with Crippen LogP contribution in [0.2, 0.25) is 0 Å². The van der Waals surface area contributed by atoms with Crippen LogP contribution >= 0.6 is 22.6 Å². The lowest BCUT2D eigenvalue weighted by Crippen LogP contribution is -2.29. The SMILES string of the molecule is CCOc1cc(C=NNC(=O)CCNC(=O)c2ccccc2F)cc(I)c1OC. The Bertz CT molecular complexity index is 905. The van der Waals surface area contributed by atoms with Crippen LogP contribution in [0.3, 0.4) is 0 Å². The quantitative estimate of drug-likeness (QED) is 0.307. The number of amides is 2. The zero-order chi connectivity index (χ0) is 21.2. The van der Waals surface area contributed by atoms with Crippen LogP contribution < -0.4 is 20.2 Å². The number of rotatable bonds is 9. The highest BCUT2D eigenvalue weighted by Crippen LogP contribution is 2.33. The van der Waals surface area contributed by atoms with Gasteiger partial charge in [-0.3, -0.25) is 9.59 Å². The summed E-state index contributed by atoms with van der Waals surface area (Å²) in [5.41, 5.74) is 3.05. The number of hydrogen-bond donors (Lipinski definition) is 2. The minimum atomic E-state index is -0.611. The number of ether oxygens (including phenoxy) is 2. The highest BCUT2D eigenvalue weighted by Gasteiger charge is 2.11. The first-order valence-electron chi connectivity index (χ1n) is 8.81. The molecule has 0 saturated carbocycles. The zero-order valence-corrected chi connectivity index (χ0v) is 18.2. The fourth-order valence-electron chi connectivity index (χ4n) is 2.39. The topological polar surface area (TPSA) is 89.0 Å². The molecule has 7 nitrogen and oxygen atoms in total. The van der Waals surface area contributed by atoms with Crippen LogP contribution in [0.5, 0.6) is 11.5 Å². The molecule has 154 valence electrons. The van der Waals surface area contributed by atoms with Gasteiger partial charge in [0.25, 0.3) is 5.91 Å². The summed E-state index contributed by atoms with van der Waals surface area (Å²) in [7, 11) is 1.57. The monoisotopic (exact) mass is 513 g/mol. The van der Waals surface area contributed by atoms with Gasteiger partial charge in [-0.25, -0.2) is 9.82 Å². The average Bonchev–Trinajstić information content (AvgIpc) is 2.68. The van der Waals surface area contributed by atoms with Crippen molar-refractivity contribution in [3.8, 4) is 11.5 Å². The maximum absolute atomic E-state index is 13.5. The van der Waals surface area contributed by atoms with Crippen molar-refractivity contribution < 1.29 is 23.5 Å². The van der Waals surface area contributed by atoms with E-state index in [2.05, 4.69) is 38.4 Å². The van der Waals surface area contributed by atoms with Gasteiger partial charge in [0, 0.05) is 13.0 Å². The molecule has 0 unspecified atom stereocenters. The molecule has 2 aromatic carbocycles. The molecule has 2 rings (SSSR count). The molecule has 9 heteroatoms. The van der Waals surface area contributed by atoms with Crippen molar-refractivity contribution in [1.29, 1.82) is 0 Å². The van der Waals surface area contributed by atoms with E-state index in [4.69, 9.17) is 9.47 Å². The Balaban J connectivity index is 1.85. The van der Waals surface area contributed by atoms with Crippen LogP contribution in [0.15, 0.2) is 41.5 Å². The molecule has 0 aliphatic carbocycles. The summed E-state index contributed by atoms with van der Waals surface area (Å²) in [6.45, 7) is 2.42. The number of halogens is 2. The summed E-state index contributed by atoms with van der Waals surface area (Å²) < 4.78 is 25.3. The molecular formula is C20H21FIN3O4. The largest absolute Gasteiger partial charge is 0.492 e. The Hall–Kier alpha value is -2.69. The minimum Gasteiger partial charge on any atom is -0.492 e. The molecule has 2 N–H and O–H groups in total. The Morgan fingerprint density at radius 2 is 2.03 bits per heavy atom. The fourth-order valence-corrected chi connectivity index (χ4v) is 3.23. The molecule has 2 amide bonds. The van der Waals surface area contributed by atoms with Gasteiger partial charge in [-0.1, -0.05) is 12.1 Å². The van der Waals surface area contributed by atoms with E-state index in [1.54, 1.807) is 19.2 Å². The van der Waals surface area contributed by atoms with Crippen LogP contribution in [0.4, 0.5) is 4.39 Å². The third-order valence-corrected chi connectivity index (χ3v) is 4.50. The smallest absolute Gasteiger partial charge is 0.254 e. The molecule has 0 fully saturated rings. The molecule has 0 aliphatic heterocycles. The van der Waals surface area contributed by atoms with Gasteiger partial charge < -0.3 is 14.8 Å². The second-order valence-corrected chi connectivity index (χ2v) is 6.91. The van der Waals surface area contributed by atoms with E-state index in [1.165, 1.54) is 24.4 Å². The first-order chi connectivity index (χ1) is 14.0. The molecule has 0 radical (unpaired) electrons. The summed E-state index contributed by atoms with van der Waals surface area (Å²) >= 11 is 2.13. The van der Waals surface area contributed by atoms with E-state index < -0.39 is 11.7 Å². The van der Waals surface area contributed by atoms with E-state index >= 15 is 0 Å². The number of nitrogens with zero attached hydrogens (tertiary/aromatic N) is 1. The maximum atomic E-state index is 13.5. The van der Waals surface area contributed by atoms with Gasteiger partial charge >= 0.3 is 0 Å². The van der Waals surface area contributed by atoms with Crippen molar-refractivity contribution in [2.24, 2.45) is 5.10 Å². The molecule has 0 aromatic heterocycles. The third kappa shape index (κ3) is 6.70. The van der Waals surface area contributed by atoms with Gasteiger partial charge in [0.05, 0.1) is 29.1 Å². The number of methoxy groups -OCH3 is 1. The van der Waals surface area contributed by atoms with Crippen molar-refractivity contribution >= 4 is 40.6 Å². The summed E-state index contributed by atoms with van der Waals surface area (Å²) in [6, 6.07) is 9.24. The van der Waals surface area contributed by atoms with E-state index in [0.29, 0.717) is 18.1 Å². The molecule has 0 bridgehead atoms. The van der Waals surface area contributed by atoms with Crippen LogP contribution in [-0.2, 0) is 4.79 Å². The lowest BCUT2D eigenvalue weighted by Gasteiger charge is -2.11. The fraction of sp³-hybridized carbons (Fsp3) is 0.250. The standard InChI is InChI=1S/C20H21FIN3O4/c1-3-29-17-11-13(10-16(22)19(17)28-2)12-24-25-18(26)8-9-23-20(27)14-6-4-5-7-15(14)21/h4-7,10-12H,3,8-9H2,1-2H3,(H,23,27)(H,25,26). The number of hydrazone groups is 1. The van der Waals surface area contributed by atoms with Crippen molar-refractivity contribution in [3.05, 3.63) is 56.9 Å². The van der Waals surface area contributed by atoms with Crippen molar-refractivity contribution in [2.45, 2.75) is 13.3 Å². The number of carbonyl (C=O) groups is 2. The van der Waals surface area contributed by atoms with Gasteiger partial charge in [-0.15, -0.1) is 0 Å². The Kier molecular flexibility index (Phi) is 8.84. The van der Waals surface area contributed by atoms with Gasteiger partial charge in [0.2, 0.25) is 5.91 Å². The molecule has 0 heterocycles. The van der Waals surface area contributed by atoms with Crippen LogP contribution in [0, 0.1) is 9.39 Å². The van der Waals surface area contributed by atoms with E-state index in [-0.39, 0.29) is 24.4 Å². The van der Waals surface area contributed by atoms with Gasteiger partial charge in [0.1, 0.15) is 5.82 Å². The van der Waals surface area contributed by atoms with E-state index in [1.807, 2.05) is 13.0 Å². The van der Waals surface area contributed by atoms with Crippen LogP contribution in [-0.4, -0.2) is 38.3 Å². The molecule has 0 aliphatic rings. The Morgan fingerprint density at radius 1 is 1.28 bits per heavy atom. The molecule has 29 heavy (non-hydrogen) atoms. The van der Waals surface area contributed by atoms with E-state index in [9.17, 15) is 14.0 Å². The lowest BCUT2D eigenvalue weighted by atomic mass is 10.2. The number of carbonyl (C=O) groups excluding carboxylic acids is 2. The Morgan fingerprint density at radius 3 is 2.72 bits per heavy atom. The van der Waals surface area contributed by atoms with Gasteiger partial charge in [-0.05, 0) is 59.3 Å². The predicted octanol–water partition coefficient (Wildman–Crippen LogP) is 3.11. The zero-order valence-electron chi connectivity index (χ0n) is 16.0. The molecule has 2 aromatic rings. The molecule has 0 saturated heterocycles. The lowest BCUT2D eigenvalue weighted by molar-refractivity contribution is -0.120. The molecule has 0 spiro atoms. The summed E-state index contributed by atoms with van der Waals surface area (Å²) in [5.74, 6) is -0.344.